The number of non-ortho nitro benzene ring substituents is 1. The molecule has 0 saturated carbocycles. The number of hydrogen-bond donors (Lipinski definition) is 2. The highest BCUT2D eigenvalue weighted by Crippen LogP contribution is 2.48. The molecule has 0 radical (unpaired) electrons. The van der Waals surface area contributed by atoms with Gasteiger partial charge in [0, 0.05) is 17.4 Å². The van der Waals surface area contributed by atoms with E-state index < -0.39 is 40.6 Å². The number of thioether (sulfide) groups is 2. The van der Waals surface area contributed by atoms with Crippen molar-refractivity contribution >= 4 is 47.2 Å². The van der Waals surface area contributed by atoms with E-state index in [-0.39, 0.29) is 16.6 Å². The molecule has 2 heterocycles. The van der Waals surface area contributed by atoms with Gasteiger partial charge in [-0.25, -0.2) is 9.59 Å². The number of aliphatic carboxylic acids is 1. The maximum absolute atomic E-state index is 12.9. The number of benzene rings is 1. The monoisotopic (exact) mass is 481 g/mol. The van der Waals surface area contributed by atoms with E-state index in [0.717, 1.165) is 5.56 Å². The Kier molecular flexibility index (Phi) is 6.75. The van der Waals surface area contributed by atoms with Gasteiger partial charge in [0.1, 0.15) is 11.6 Å². The summed E-state index contributed by atoms with van der Waals surface area (Å²) in [6.07, 6.45) is 1.39. The highest BCUT2D eigenvalue weighted by atomic mass is 32.2. The molecule has 1 aromatic rings. The van der Waals surface area contributed by atoms with Crippen molar-refractivity contribution in [2.75, 3.05) is 6.26 Å². The molecule has 2 N–H and O–H groups in total. The van der Waals surface area contributed by atoms with E-state index in [1.165, 1.54) is 40.6 Å². The number of alkyl carbamates (subject to hydrolysis) is 1. The van der Waals surface area contributed by atoms with Gasteiger partial charge >= 0.3 is 12.1 Å². The van der Waals surface area contributed by atoms with Crippen molar-refractivity contribution in [2.24, 2.45) is 0 Å². The fraction of sp³-hybridized carbons (Fsp3) is 0.450. The minimum atomic E-state index is -1.22. The van der Waals surface area contributed by atoms with E-state index in [1.807, 2.05) is 0 Å². The summed E-state index contributed by atoms with van der Waals surface area (Å²) >= 11 is 2.56. The van der Waals surface area contributed by atoms with Gasteiger partial charge in [-0.1, -0.05) is 12.1 Å². The number of carbonyl (C=O) groups is 3. The highest BCUT2D eigenvalue weighted by molar-refractivity contribution is 8.22. The van der Waals surface area contributed by atoms with E-state index in [0.29, 0.717) is 10.7 Å². The molecule has 0 spiro atoms. The summed E-state index contributed by atoms with van der Waals surface area (Å²) in [5.41, 5.74) is -0.0936. The SMILES string of the molecule is CSC1=C(C(=O)O)N2C(=O)C(NC(=O)OC(C)(C)C)C2C(Cc2ccc([N+](=O)[O-])cc2)S1. The number of nitro benzene ring substituents is 1. The number of amides is 2. The summed E-state index contributed by atoms with van der Waals surface area (Å²) in [6.45, 7) is 5.10. The number of carboxylic acids is 1. The summed E-state index contributed by atoms with van der Waals surface area (Å²) in [5.74, 6) is -1.73. The number of hydrogen-bond acceptors (Lipinski definition) is 8. The predicted molar refractivity (Wildman–Crippen MR) is 120 cm³/mol. The molecule has 2 amide bonds. The number of carbonyl (C=O) groups excluding carboxylic acids is 2. The number of nitro groups is 1. The van der Waals surface area contributed by atoms with Gasteiger partial charge in [0.25, 0.3) is 11.6 Å². The van der Waals surface area contributed by atoms with Crippen LogP contribution < -0.4 is 5.32 Å². The first-order valence-corrected chi connectivity index (χ1v) is 11.8. The quantitative estimate of drug-likeness (QED) is 0.356. The maximum atomic E-state index is 12.9. The Labute approximate surface area is 192 Å². The van der Waals surface area contributed by atoms with Crippen LogP contribution in [-0.4, -0.2) is 62.1 Å². The van der Waals surface area contributed by atoms with Gasteiger partial charge in [0.2, 0.25) is 0 Å². The van der Waals surface area contributed by atoms with E-state index in [1.54, 1.807) is 39.2 Å². The normalized spacial score (nSPS) is 22.7. The number of ether oxygens (including phenoxy) is 1. The van der Waals surface area contributed by atoms with Crippen LogP contribution in [0.15, 0.2) is 34.2 Å². The minimum Gasteiger partial charge on any atom is -0.477 e. The van der Waals surface area contributed by atoms with Crippen molar-refractivity contribution in [1.29, 1.82) is 0 Å². The number of β-lactam (4-membered cyclic amide) rings is 1. The average molecular weight is 482 g/mol. The third-order valence-corrected chi connectivity index (χ3v) is 7.37. The first-order valence-electron chi connectivity index (χ1n) is 9.67. The zero-order valence-electron chi connectivity index (χ0n) is 17.9. The number of fused-ring (bicyclic) bond motifs is 1. The zero-order chi connectivity index (χ0) is 23.8. The Morgan fingerprint density at radius 2 is 1.94 bits per heavy atom. The van der Waals surface area contributed by atoms with Crippen LogP contribution in [0.1, 0.15) is 26.3 Å². The highest BCUT2D eigenvalue weighted by Gasteiger charge is 2.58. The van der Waals surface area contributed by atoms with Gasteiger partial charge in [-0.15, -0.1) is 23.5 Å². The first-order chi connectivity index (χ1) is 14.9. The Bertz CT molecular complexity index is 988. The summed E-state index contributed by atoms with van der Waals surface area (Å²) < 4.78 is 5.74. The second-order valence-electron chi connectivity index (χ2n) is 8.25. The van der Waals surface area contributed by atoms with Crippen molar-refractivity contribution in [1.82, 2.24) is 10.2 Å². The second kappa shape index (κ2) is 9.02. The fourth-order valence-corrected chi connectivity index (χ4v) is 5.98. The molecule has 0 bridgehead atoms. The molecule has 32 heavy (non-hydrogen) atoms. The van der Waals surface area contributed by atoms with Crippen LogP contribution in [0.5, 0.6) is 0 Å². The van der Waals surface area contributed by atoms with Crippen molar-refractivity contribution in [3.05, 3.63) is 49.9 Å². The molecule has 1 aromatic carbocycles. The smallest absolute Gasteiger partial charge is 0.408 e. The number of rotatable bonds is 6. The van der Waals surface area contributed by atoms with E-state index in [4.69, 9.17) is 4.74 Å². The van der Waals surface area contributed by atoms with Crippen LogP contribution >= 0.6 is 23.5 Å². The molecule has 0 aromatic heterocycles. The molecule has 3 rings (SSSR count). The third-order valence-electron chi connectivity index (χ3n) is 4.86. The molecule has 2 aliphatic rings. The molecular weight excluding hydrogens is 458 g/mol. The van der Waals surface area contributed by atoms with Crippen LogP contribution in [0.4, 0.5) is 10.5 Å². The molecule has 1 fully saturated rings. The zero-order valence-corrected chi connectivity index (χ0v) is 19.5. The lowest BCUT2D eigenvalue weighted by Gasteiger charge is -2.53. The fourth-order valence-electron chi connectivity index (χ4n) is 3.58. The molecule has 1 saturated heterocycles. The lowest BCUT2D eigenvalue weighted by Crippen LogP contribution is -2.75. The number of nitrogens with one attached hydrogen (secondary N) is 1. The van der Waals surface area contributed by atoms with Crippen LogP contribution in [-0.2, 0) is 20.7 Å². The number of nitrogens with zero attached hydrogens (tertiary/aromatic N) is 2. The maximum Gasteiger partial charge on any atom is 0.408 e. The van der Waals surface area contributed by atoms with Crippen LogP contribution in [0, 0.1) is 10.1 Å². The van der Waals surface area contributed by atoms with Crippen molar-refractivity contribution in [3.63, 3.8) is 0 Å². The van der Waals surface area contributed by atoms with E-state index in [9.17, 15) is 29.6 Å². The first kappa shape index (κ1) is 23.9. The third kappa shape index (κ3) is 4.85. The lowest BCUT2D eigenvalue weighted by atomic mass is 9.88. The lowest BCUT2D eigenvalue weighted by molar-refractivity contribution is -0.384. The molecular formula is C20H23N3O7S2. The van der Waals surface area contributed by atoms with Crippen molar-refractivity contribution in [3.8, 4) is 0 Å². The summed E-state index contributed by atoms with van der Waals surface area (Å²) in [7, 11) is 0. The summed E-state index contributed by atoms with van der Waals surface area (Å²) in [6, 6.07) is 4.54. The van der Waals surface area contributed by atoms with Gasteiger partial charge in [0.05, 0.1) is 15.2 Å². The Morgan fingerprint density at radius 3 is 2.44 bits per heavy atom. The standard InChI is InChI=1S/C20H23N3O7S2/c1-20(2,3)30-19(27)21-13-14-12(9-10-5-7-11(8-6-10)23(28)29)32-18(31-4)15(17(25)26)22(14)16(13)24/h5-8,12-14H,9H2,1-4H3,(H,21,27)(H,25,26). The largest absolute Gasteiger partial charge is 0.477 e. The minimum absolute atomic E-state index is 0.0344. The molecule has 172 valence electrons. The van der Waals surface area contributed by atoms with Gasteiger partial charge < -0.3 is 15.2 Å². The Morgan fingerprint density at radius 1 is 1.31 bits per heavy atom. The average Bonchev–Trinajstić information content (AvgIpc) is 2.70. The van der Waals surface area contributed by atoms with E-state index >= 15 is 0 Å². The Balaban J connectivity index is 1.89. The predicted octanol–water partition coefficient (Wildman–Crippen LogP) is 2.97. The second-order valence-corrected chi connectivity index (χ2v) is 10.6. The molecule has 3 unspecified atom stereocenters. The van der Waals surface area contributed by atoms with Crippen molar-refractivity contribution in [2.45, 2.75) is 50.1 Å². The van der Waals surface area contributed by atoms with Crippen LogP contribution in [0.2, 0.25) is 0 Å². The van der Waals surface area contributed by atoms with Crippen LogP contribution in [0.25, 0.3) is 0 Å². The van der Waals surface area contributed by atoms with Gasteiger partial charge in [-0.3, -0.25) is 19.8 Å². The van der Waals surface area contributed by atoms with Crippen molar-refractivity contribution < 1.29 is 29.2 Å². The van der Waals surface area contributed by atoms with Gasteiger partial charge in [0.15, 0.2) is 5.70 Å². The Hall–Kier alpha value is -2.73. The molecule has 2 aliphatic heterocycles. The summed E-state index contributed by atoms with van der Waals surface area (Å²) in [4.78, 5) is 48.7. The van der Waals surface area contributed by atoms with E-state index in [2.05, 4.69) is 5.32 Å². The molecule has 3 atom stereocenters. The summed E-state index contributed by atoms with van der Waals surface area (Å²) in [5, 5.41) is 22.9. The van der Waals surface area contributed by atoms with Gasteiger partial charge in [-0.2, -0.15) is 0 Å². The molecule has 12 heteroatoms. The number of carboxylic acid groups (broad SMARTS) is 1. The van der Waals surface area contributed by atoms with Crippen LogP contribution in [0.3, 0.4) is 0 Å². The van der Waals surface area contributed by atoms with Gasteiger partial charge in [-0.05, 0) is 39.0 Å². The topological polar surface area (TPSA) is 139 Å². The molecule has 0 aliphatic carbocycles. The molecule has 10 nitrogen and oxygen atoms in total.